The maximum absolute atomic E-state index is 12.9. The van der Waals surface area contributed by atoms with Crippen LogP contribution in [-0.2, 0) is 6.61 Å². The second-order valence-electron chi connectivity index (χ2n) is 7.94. The summed E-state index contributed by atoms with van der Waals surface area (Å²) in [6.45, 7) is -0.148. The quantitative estimate of drug-likeness (QED) is 0.620. The number of carbonyl (C=O) groups is 1. The van der Waals surface area contributed by atoms with Crippen molar-refractivity contribution >= 4 is 17.3 Å². The second kappa shape index (κ2) is 7.83. The van der Waals surface area contributed by atoms with Crippen LogP contribution in [0, 0.1) is 10.1 Å². The van der Waals surface area contributed by atoms with Gasteiger partial charge in [-0.15, -0.1) is 0 Å². The third-order valence-electron chi connectivity index (χ3n) is 6.29. The molecule has 0 aromatic heterocycles. The Kier molecular flexibility index (Phi) is 5.24. The smallest absolute Gasteiger partial charge is 0.292 e. The van der Waals surface area contributed by atoms with Crippen molar-refractivity contribution in [2.45, 2.75) is 50.4 Å². The Morgan fingerprint density at radius 1 is 1.17 bits per heavy atom. The Morgan fingerprint density at radius 3 is 2.41 bits per heavy atom. The number of anilines is 1. The van der Waals surface area contributed by atoms with Gasteiger partial charge < -0.3 is 14.9 Å². The maximum atomic E-state index is 12.9. The molecule has 2 fully saturated rings. The van der Waals surface area contributed by atoms with Crippen LogP contribution in [0.15, 0.2) is 48.5 Å². The van der Waals surface area contributed by atoms with Gasteiger partial charge in [0.1, 0.15) is 5.69 Å². The zero-order valence-corrected chi connectivity index (χ0v) is 16.4. The molecule has 29 heavy (non-hydrogen) atoms. The first-order chi connectivity index (χ1) is 14.0. The molecule has 2 aliphatic rings. The van der Waals surface area contributed by atoms with E-state index in [4.69, 9.17) is 0 Å². The minimum Gasteiger partial charge on any atom is -0.392 e. The summed E-state index contributed by atoms with van der Waals surface area (Å²) in [5, 5.41) is 21.1. The molecule has 2 heterocycles. The van der Waals surface area contributed by atoms with E-state index in [-0.39, 0.29) is 41.3 Å². The molecular formula is C22H25N3O4. The average Bonchev–Trinajstić information content (AvgIpc) is 3.01. The lowest BCUT2D eigenvalue weighted by molar-refractivity contribution is -0.384. The molecule has 1 N–H and O–H groups in total. The molecule has 2 aliphatic heterocycles. The molecule has 7 nitrogen and oxygen atoms in total. The Labute approximate surface area is 169 Å². The number of fused-ring (bicyclic) bond motifs is 2. The van der Waals surface area contributed by atoms with Gasteiger partial charge in [-0.25, -0.2) is 0 Å². The number of piperidine rings is 1. The number of nitro groups is 1. The van der Waals surface area contributed by atoms with Crippen molar-refractivity contribution in [2.75, 3.05) is 11.9 Å². The van der Waals surface area contributed by atoms with E-state index >= 15 is 0 Å². The topological polar surface area (TPSA) is 86.9 Å². The van der Waals surface area contributed by atoms with Gasteiger partial charge in [0, 0.05) is 36.8 Å². The number of rotatable bonds is 5. The molecule has 152 valence electrons. The number of hydrogen-bond donors (Lipinski definition) is 1. The molecule has 0 aliphatic carbocycles. The molecule has 2 bridgehead atoms. The first-order valence-corrected chi connectivity index (χ1v) is 9.98. The Balaban J connectivity index is 1.57. The zero-order chi connectivity index (χ0) is 20.5. The van der Waals surface area contributed by atoms with Crippen LogP contribution in [0.3, 0.4) is 0 Å². The van der Waals surface area contributed by atoms with Gasteiger partial charge in [-0.3, -0.25) is 14.9 Å². The Bertz CT molecular complexity index is 904. The molecule has 7 heteroatoms. The van der Waals surface area contributed by atoms with Crippen LogP contribution in [0.25, 0.3) is 0 Å². The van der Waals surface area contributed by atoms with E-state index in [2.05, 4.69) is 4.90 Å². The fourth-order valence-electron chi connectivity index (χ4n) is 4.84. The van der Waals surface area contributed by atoms with Crippen molar-refractivity contribution in [3.05, 3.63) is 69.8 Å². The molecule has 0 saturated carbocycles. The highest BCUT2D eigenvalue weighted by atomic mass is 16.6. The van der Waals surface area contributed by atoms with Gasteiger partial charge in [-0.05, 0) is 55.5 Å². The minimum atomic E-state index is -0.354. The fraction of sp³-hybridized carbons (Fsp3) is 0.409. The predicted molar refractivity (Wildman–Crippen MR) is 110 cm³/mol. The van der Waals surface area contributed by atoms with E-state index in [1.165, 1.54) is 6.07 Å². The number of benzene rings is 2. The Morgan fingerprint density at radius 2 is 1.83 bits per heavy atom. The number of hydrogen-bond acceptors (Lipinski definition) is 5. The highest BCUT2D eigenvalue weighted by Gasteiger charge is 2.44. The van der Waals surface area contributed by atoms with Crippen molar-refractivity contribution < 1.29 is 14.8 Å². The molecule has 4 rings (SSSR count). The maximum Gasteiger partial charge on any atom is 0.292 e. The molecule has 2 aromatic rings. The summed E-state index contributed by atoms with van der Waals surface area (Å²) in [7, 11) is 1.85. The highest BCUT2D eigenvalue weighted by Crippen LogP contribution is 2.44. The standard InChI is InChI=1S/C22H25N3O4/c1-23(22(27)16-5-3-2-4-6-16)19-12-17-8-9-18(13-19)24(17)21-11-15(14-26)7-10-20(21)25(28)29/h2-7,10-11,17-19,26H,8-9,12-14H2,1H3. The normalized spacial score (nSPS) is 23.1. The van der Waals surface area contributed by atoms with E-state index in [0.29, 0.717) is 16.8 Å². The van der Waals surface area contributed by atoms with E-state index in [0.717, 1.165) is 25.7 Å². The lowest BCUT2D eigenvalue weighted by Crippen LogP contribution is -2.51. The van der Waals surface area contributed by atoms with Crippen LogP contribution in [0.4, 0.5) is 11.4 Å². The van der Waals surface area contributed by atoms with Gasteiger partial charge in [0.2, 0.25) is 0 Å². The van der Waals surface area contributed by atoms with Gasteiger partial charge in [0.25, 0.3) is 11.6 Å². The van der Waals surface area contributed by atoms with Gasteiger partial charge in [0.05, 0.1) is 11.5 Å². The lowest BCUT2D eigenvalue weighted by atomic mass is 9.94. The van der Waals surface area contributed by atoms with Gasteiger partial charge in [0.15, 0.2) is 0 Å². The summed E-state index contributed by atoms with van der Waals surface area (Å²) in [6.07, 6.45) is 3.47. The highest BCUT2D eigenvalue weighted by molar-refractivity contribution is 5.94. The van der Waals surface area contributed by atoms with Crippen LogP contribution in [0.5, 0.6) is 0 Å². The molecule has 0 spiro atoms. The van der Waals surface area contributed by atoms with E-state index < -0.39 is 0 Å². The molecule has 1 amide bonds. The van der Waals surface area contributed by atoms with Gasteiger partial charge in [-0.1, -0.05) is 18.2 Å². The summed E-state index contributed by atoms with van der Waals surface area (Å²) >= 11 is 0. The minimum absolute atomic E-state index is 0.0108. The zero-order valence-electron chi connectivity index (χ0n) is 16.4. The fourth-order valence-corrected chi connectivity index (χ4v) is 4.84. The number of nitrogens with zero attached hydrogens (tertiary/aromatic N) is 3. The first-order valence-electron chi connectivity index (χ1n) is 9.98. The van der Waals surface area contributed by atoms with Crippen LogP contribution < -0.4 is 4.90 Å². The monoisotopic (exact) mass is 395 g/mol. The molecule has 2 unspecified atom stereocenters. The van der Waals surface area contributed by atoms with E-state index in [9.17, 15) is 20.0 Å². The summed E-state index contributed by atoms with van der Waals surface area (Å²) < 4.78 is 0. The molecule has 2 aromatic carbocycles. The summed E-state index contributed by atoms with van der Waals surface area (Å²) in [5.74, 6) is 0.0108. The number of nitro benzene ring substituents is 1. The van der Waals surface area contributed by atoms with Crippen molar-refractivity contribution in [3.8, 4) is 0 Å². The number of amides is 1. The molecule has 2 saturated heterocycles. The van der Waals surface area contributed by atoms with Crippen molar-refractivity contribution in [2.24, 2.45) is 0 Å². The summed E-state index contributed by atoms with van der Waals surface area (Å²) in [4.78, 5) is 28.1. The predicted octanol–water partition coefficient (Wildman–Crippen LogP) is 3.36. The first kappa shape index (κ1) is 19.4. The summed E-state index contributed by atoms with van der Waals surface area (Å²) in [5.41, 5.74) is 2.01. The van der Waals surface area contributed by atoms with Crippen molar-refractivity contribution in [1.82, 2.24) is 4.90 Å². The SMILES string of the molecule is CN(C(=O)c1ccccc1)C1CC2CCC(C1)N2c1cc(CO)ccc1[N+](=O)[O-]. The number of carbonyl (C=O) groups excluding carboxylic acids is 1. The van der Waals surface area contributed by atoms with E-state index in [1.54, 1.807) is 12.1 Å². The molecule has 0 radical (unpaired) electrons. The summed E-state index contributed by atoms with van der Waals surface area (Å²) in [6, 6.07) is 14.5. The second-order valence-corrected chi connectivity index (χ2v) is 7.94. The number of aliphatic hydroxyl groups excluding tert-OH is 1. The van der Waals surface area contributed by atoms with Gasteiger partial charge in [-0.2, -0.15) is 0 Å². The number of aliphatic hydroxyl groups is 1. The lowest BCUT2D eigenvalue weighted by Gasteiger charge is -2.43. The Hall–Kier alpha value is -2.93. The third kappa shape index (κ3) is 3.58. The van der Waals surface area contributed by atoms with Gasteiger partial charge >= 0.3 is 0 Å². The molecular weight excluding hydrogens is 370 g/mol. The van der Waals surface area contributed by atoms with Crippen LogP contribution in [-0.4, -0.2) is 46.0 Å². The van der Waals surface area contributed by atoms with Crippen molar-refractivity contribution in [1.29, 1.82) is 0 Å². The van der Waals surface area contributed by atoms with Crippen LogP contribution >= 0.6 is 0 Å². The van der Waals surface area contributed by atoms with Crippen LogP contribution in [0.2, 0.25) is 0 Å². The molecule has 2 atom stereocenters. The average molecular weight is 395 g/mol. The van der Waals surface area contributed by atoms with Crippen LogP contribution in [0.1, 0.15) is 41.6 Å². The largest absolute Gasteiger partial charge is 0.392 e. The third-order valence-corrected chi connectivity index (χ3v) is 6.29. The van der Waals surface area contributed by atoms with E-state index in [1.807, 2.05) is 42.3 Å². The van der Waals surface area contributed by atoms with Crippen molar-refractivity contribution in [3.63, 3.8) is 0 Å².